The van der Waals surface area contributed by atoms with Crippen molar-refractivity contribution >= 4 is 5.97 Å². The number of unbranched alkanes of at least 4 members (excludes halogenated alkanes) is 1. The molecule has 0 saturated carbocycles. The Bertz CT molecular complexity index is 243. The predicted molar refractivity (Wildman–Crippen MR) is 63.2 cm³/mol. The van der Waals surface area contributed by atoms with E-state index in [2.05, 4.69) is 11.6 Å². The second-order valence-electron chi connectivity index (χ2n) is 4.83. The zero-order valence-electron chi connectivity index (χ0n) is 10.7. The van der Waals surface area contributed by atoms with Crippen LogP contribution in [0.4, 0.5) is 0 Å². The molecule has 2 N–H and O–H groups in total. The monoisotopic (exact) mass is 229 g/mol. The molecule has 4 nitrogen and oxygen atoms in total. The maximum Gasteiger partial charge on any atom is 0.305 e. The molecular formula is C12H23NO3. The van der Waals surface area contributed by atoms with Crippen molar-refractivity contribution in [3.63, 3.8) is 0 Å². The molecule has 16 heavy (non-hydrogen) atoms. The molecule has 0 radical (unpaired) electrons. The van der Waals surface area contributed by atoms with Gasteiger partial charge in [-0.05, 0) is 40.5 Å². The molecule has 0 aliphatic heterocycles. The summed E-state index contributed by atoms with van der Waals surface area (Å²) < 4.78 is 5.02. The molecule has 0 heterocycles. The van der Waals surface area contributed by atoms with Crippen LogP contribution >= 0.6 is 0 Å². The quantitative estimate of drug-likeness (QED) is 0.305. The highest BCUT2D eigenvalue weighted by molar-refractivity contribution is 5.69. The van der Waals surface area contributed by atoms with Gasteiger partial charge in [-0.3, -0.25) is 4.79 Å². The van der Waals surface area contributed by atoms with Gasteiger partial charge in [-0.25, -0.2) is 0 Å². The van der Waals surface area contributed by atoms with Crippen molar-refractivity contribution in [3.8, 4) is 0 Å². The lowest BCUT2D eigenvalue weighted by atomic mass is 10.1. The first-order valence-electron chi connectivity index (χ1n) is 5.57. The van der Waals surface area contributed by atoms with Gasteiger partial charge in [0, 0.05) is 6.42 Å². The summed E-state index contributed by atoms with van der Waals surface area (Å²) in [6.07, 6.45) is 4.23. The van der Waals surface area contributed by atoms with E-state index in [1.807, 2.05) is 13.8 Å². The summed E-state index contributed by atoms with van der Waals surface area (Å²) in [7, 11) is 0. The molecule has 0 saturated heterocycles. The van der Waals surface area contributed by atoms with Crippen LogP contribution in [0.25, 0.3) is 0 Å². The smallest absolute Gasteiger partial charge is 0.305 e. The minimum Gasteiger partial charge on any atom is -0.464 e. The lowest BCUT2D eigenvalue weighted by Gasteiger charge is -2.21. The Hall–Kier alpha value is -0.870. The molecule has 94 valence electrons. The summed E-state index contributed by atoms with van der Waals surface area (Å²) in [6, 6.07) is 0. The standard InChI is InChI=1S/C12H23NO3/c1-10(2)7-5-6-8-11(14)16-9-12(3,4)13-15/h7,13,15H,5-6,8-9H2,1-4H3. The minimum absolute atomic E-state index is 0.172. The van der Waals surface area contributed by atoms with Crippen LogP contribution in [0.2, 0.25) is 0 Å². The molecule has 0 aliphatic carbocycles. The van der Waals surface area contributed by atoms with E-state index in [1.165, 1.54) is 5.57 Å². The Morgan fingerprint density at radius 3 is 2.56 bits per heavy atom. The number of rotatable bonds is 7. The molecule has 0 amide bonds. The number of ether oxygens (including phenoxy) is 1. The van der Waals surface area contributed by atoms with Crippen molar-refractivity contribution in [2.24, 2.45) is 0 Å². The van der Waals surface area contributed by atoms with Gasteiger partial charge < -0.3 is 9.94 Å². The summed E-state index contributed by atoms with van der Waals surface area (Å²) in [4.78, 5) is 11.3. The van der Waals surface area contributed by atoms with Crippen LogP contribution < -0.4 is 5.48 Å². The summed E-state index contributed by atoms with van der Waals surface area (Å²) in [5.41, 5.74) is 2.77. The van der Waals surface area contributed by atoms with Crippen molar-refractivity contribution in [1.82, 2.24) is 5.48 Å². The average Bonchev–Trinajstić information content (AvgIpc) is 2.21. The predicted octanol–water partition coefficient (Wildman–Crippen LogP) is 2.42. The van der Waals surface area contributed by atoms with Crippen LogP contribution in [0.3, 0.4) is 0 Å². The van der Waals surface area contributed by atoms with E-state index in [0.29, 0.717) is 6.42 Å². The van der Waals surface area contributed by atoms with E-state index < -0.39 is 5.54 Å². The van der Waals surface area contributed by atoms with E-state index in [4.69, 9.17) is 9.94 Å². The molecule has 0 aromatic heterocycles. The van der Waals surface area contributed by atoms with Gasteiger partial charge in [0.2, 0.25) is 0 Å². The lowest BCUT2D eigenvalue weighted by molar-refractivity contribution is -0.147. The number of carbonyl (C=O) groups is 1. The fourth-order valence-corrected chi connectivity index (χ4v) is 1.00. The number of allylic oxidation sites excluding steroid dienone is 2. The molecule has 0 aromatic rings. The highest BCUT2D eigenvalue weighted by Gasteiger charge is 2.18. The summed E-state index contributed by atoms with van der Waals surface area (Å²) in [5, 5.41) is 8.73. The number of hydrogen-bond acceptors (Lipinski definition) is 4. The van der Waals surface area contributed by atoms with Crippen molar-refractivity contribution in [2.75, 3.05) is 6.61 Å². The Morgan fingerprint density at radius 1 is 1.44 bits per heavy atom. The number of carbonyl (C=O) groups excluding carboxylic acids is 1. The van der Waals surface area contributed by atoms with Crippen molar-refractivity contribution < 1.29 is 14.7 Å². The van der Waals surface area contributed by atoms with E-state index >= 15 is 0 Å². The molecule has 4 heteroatoms. The Balaban J connectivity index is 3.64. The van der Waals surface area contributed by atoms with E-state index in [0.717, 1.165) is 12.8 Å². The zero-order valence-corrected chi connectivity index (χ0v) is 10.7. The first-order valence-corrected chi connectivity index (χ1v) is 5.57. The number of hydroxylamine groups is 1. The number of esters is 1. The summed E-state index contributed by atoms with van der Waals surface area (Å²) >= 11 is 0. The van der Waals surface area contributed by atoms with Gasteiger partial charge >= 0.3 is 5.97 Å². The Labute approximate surface area is 97.6 Å². The van der Waals surface area contributed by atoms with Crippen LogP contribution in [-0.2, 0) is 9.53 Å². The second-order valence-corrected chi connectivity index (χ2v) is 4.83. The fraction of sp³-hybridized carbons (Fsp3) is 0.750. The van der Waals surface area contributed by atoms with E-state index in [1.54, 1.807) is 13.8 Å². The molecule has 0 rings (SSSR count). The average molecular weight is 229 g/mol. The van der Waals surface area contributed by atoms with Crippen molar-refractivity contribution in [3.05, 3.63) is 11.6 Å². The highest BCUT2D eigenvalue weighted by atomic mass is 16.5. The first-order chi connectivity index (χ1) is 7.37. The molecule has 0 aliphatic rings. The minimum atomic E-state index is -0.588. The van der Waals surface area contributed by atoms with Crippen LogP contribution in [0.5, 0.6) is 0 Å². The molecule has 0 unspecified atom stereocenters. The van der Waals surface area contributed by atoms with E-state index in [9.17, 15) is 4.79 Å². The summed E-state index contributed by atoms with van der Waals surface area (Å²) in [5.74, 6) is -0.217. The van der Waals surface area contributed by atoms with Crippen LogP contribution in [0.15, 0.2) is 11.6 Å². The topological polar surface area (TPSA) is 58.6 Å². The normalized spacial score (nSPS) is 11.1. The van der Waals surface area contributed by atoms with Gasteiger partial charge in [0.25, 0.3) is 0 Å². The maximum absolute atomic E-state index is 11.3. The van der Waals surface area contributed by atoms with Crippen LogP contribution in [-0.4, -0.2) is 23.3 Å². The fourth-order valence-electron chi connectivity index (χ4n) is 1.00. The lowest BCUT2D eigenvalue weighted by Crippen LogP contribution is -2.42. The van der Waals surface area contributed by atoms with Crippen molar-refractivity contribution in [2.45, 2.75) is 52.5 Å². The molecule has 0 spiro atoms. The number of nitrogens with one attached hydrogen (secondary N) is 1. The van der Waals surface area contributed by atoms with E-state index in [-0.39, 0.29) is 12.6 Å². The van der Waals surface area contributed by atoms with Crippen LogP contribution in [0.1, 0.15) is 47.0 Å². The molecule has 0 bridgehead atoms. The summed E-state index contributed by atoms with van der Waals surface area (Å²) in [6.45, 7) is 7.75. The third-order valence-corrected chi connectivity index (χ3v) is 2.03. The van der Waals surface area contributed by atoms with Gasteiger partial charge in [-0.1, -0.05) is 11.6 Å². The number of hydrogen-bond donors (Lipinski definition) is 2. The molecule has 0 atom stereocenters. The van der Waals surface area contributed by atoms with Crippen LogP contribution in [0, 0.1) is 0 Å². The largest absolute Gasteiger partial charge is 0.464 e. The van der Waals surface area contributed by atoms with Crippen molar-refractivity contribution in [1.29, 1.82) is 0 Å². The zero-order chi connectivity index (χ0) is 12.6. The van der Waals surface area contributed by atoms with Gasteiger partial charge in [-0.15, -0.1) is 0 Å². The Kier molecular flexibility index (Phi) is 7.01. The SMILES string of the molecule is CC(C)=CCCCC(=O)OCC(C)(C)NO. The second kappa shape index (κ2) is 7.41. The third kappa shape index (κ3) is 8.44. The van der Waals surface area contributed by atoms with Gasteiger partial charge in [0.05, 0.1) is 5.54 Å². The van der Waals surface area contributed by atoms with Gasteiger partial charge in [0.15, 0.2) is 0 Å². The Morgan fingerprint density at radius 2 is 2.06 bits per heavy atom. The highest BCUT2D eigenvalue weighted by Crippen LogP contribution is 2.05. The molecule has 0 fully saturated rings. The molecular weight excluding hydrogens is 206 g/mol. The van der Waals surface area contributed by atoms with Gasteiger partial charge in [-0.2, -0.15) is 5.48 Å². The maximum atomic E-state index is 11.3. The first kappa shape index (κ1) is 15.1. The van der Waals surface area contributed by atoms with Gasteiger partial charge in [0.1, 0.15) is 6.61 Å². The molecule has 0 aromatic carbocycles. The third-order valence-electron chi connectivity index (χ3n) is 2.03.